The minimum absolute atomic E-state index is 0.0725. The molecule has 0 saturated heterocycles. The number of rotatable bonds is 6. The van der Waals surface area contributed by atoms with E-state index in [2.05, 4.69) is 10.6 Å². The van der Waals surface area contributed by atoms with Gasteiger partial charge in [-0.3, -0.25) is 9.32 Å². The number of H-pyrrole nitrogens is 1. The van der Waals surface area contributed by atoms with E-state index in [1.165, 1.54) is 10.7 Å². The number of thioether (sulfide) groups is 1. The molecule has 0 bridgehead atoms. The quantitative estimate of drug-likeness (QED) is 0.511. The van der Waals surface area contributed by atoms with Gasteiger partial charge in [-0.05, 0) is 33.8 Å². The van der Waals surface area contributed by atoms with Crippen molar-refractivity contribution in [2.75, 3.05) is 11.1 Å². The molecule has 134 valence electrons. The highest BCUT2D eigenvalue weighted by Crippen LogP contribution is 2.15. The molecule has 0 aliphatic rings. The van der Waals surface area contributed by atoms with E-state index in [1.807, 2.05) is 18.2 Å². The molecule has 9 heteroatoms. The van der Waals surface area contributed by atoms with Gasteiger partial charge in [0.1, 0.15) is 0 Å². The average molecular weight is 378 g/mol. The van der Waals surface area contributed by atoms with Crippen molar-refractivity contribution in [3.63, 3.8) is 0 Å². The van der Waals surface area contributed by atoms with Gasteiger partial charge in [0.2, 0.25) is 11.6 Å². The first-order chi connectivity index (χ1) is 12.5. The first-order valence-electron chi connectivity index (χ1n) is 7.61. The van der Waals surface area contributed by atoms with Gasteiger partial charge in [-0.1, -0.05) is 18.2 Å². The van der Waals surface area contributed by atoms with Crippen LogP contribution in [0.15, 0.2) is 62.9 Å². The summed E-state index contributed by atoms with van der Waals surface area (Å²) in [6, 6.07) is 12.2. The van der Waals surface area contributed by atoms with E-state index < -0.39 is 17.3 Å². The van der Waals surface area contributed by atoms with E-state index in [-0.39, 0.29) is 18.0 Å². The van der Waals surface area contributed by atoms with Crippen LogP contribution in [0, 0.1) is 11.6 Å². The van der Waals surface area contributed by atoms with Crippen molar-refractivity contribution < 1.29 is 22.8 Å². The zero-order valence-electron chi connectivity index (χ0n) is 13.4. The van der Waals surface area contributed by atoms with E-state index in [0.29, 0.717) is 16.5 Å². The lowest BCUT2D eigenvalue weighted by Gasteiger charge is -2.04. The maximum Gasteiger partial charge on any atom is 0.442 e. The largest absolute Gasteiger partial charge is 0.442 e. The lowest BCUT2D eigenvalue weighted by atomic mass is 10.3. The van der Waals surface area contributed by atoms with Crippen LogP contribution in [0.4, 0.5) is 14.5 Å². The SMILES string of the molecule is O=C(CCSc1c(=O)o[nH][n+]1-c1ccccc1)Nc1ccc(F)c(F)c1. The molecule has 3 aromatic rings. The number of benzene rings is 2. The maximum atomic E-state index is 13.1. The van der Waals surface area contributed by atoms with Crippen LogP contribution in [0.25, 0.3) is 5.69 Å². The molecule has 26 heavy (non-hydrogen) atoms. The molecule has 1 aromatic heterocycles. The lowest BCUT2D eigenvalue weighted by molar-refractivity contribution is -0.704. The highest BCUT2D eigenvalue weighted by atomic mass is 32.2. The Balaban J connectivity index is 1.60. The van der Waals surface area contributed by atoms with Gasteiger partial charge < -0.3 is 5.32 Å². The van der Waals surface area contributed by atoms with Crippen molar-refractivity contribution in [1.82, 2.24) is 5.27 Å². The smallest absolute Gasteiger partial charge is 0.326 e. The van der Waals surface area contributed by atoms with Crippen LogP contribution in [-0.2, 0) is 4.79 Å². The molecule has 0 fully saturated rings. The van der Waals surface area contributed by atoms with Crippen LogP contribution < -0.4 is 15.6 Å². The summed E-state index contributed by atoms with van der Waals surface area (Å²) >= 11 is 1.15. The molecule has 6 nitrogen and oxygen atoms in total. The Morgan fingerprint density at radius 3 is 2.65 bits per heavy atom. The van der Waals surface area contributed by atoms with Crippen molar-refractivity contribution in [3.05, 3.63) is 70.6 Å². The van der Waals surface area contributed by atoms with Crippen LogP contribution >= 0.6 is 11.8 Å². The number of amides is 1. The Bertz CT molecular complexity index is 973. The number of para-hydroxylation sites is 1. The molecule has 0 aliphatic carbocycles. The monoisotopic (exact) mass is 378 g/mol. The second-order valence-corrected chi connectivity index (χ2v) is 6.32. The fourth-order valence-corrected chi connectivity index (χ4v) is 3.08. The summed E-state index contributed by atoms with van der Waals surface area (Å²) in [5.41, 5.74) is 0.339. The molecule has 0 atom stereocenters. The Kier molecular flexibility index (Phi) is 5.47. The number of nitrogens with one attached hydrogen (secondary N) is 2. The number of hydrogen-bond acceptors (Lipinski definition) is 4. The van der Waals surface area contributed by atoms with Gasteiger partial charge in [0, 0.05) is 36.1 Å². The Hall–Kier alpha value is -2.94. The maximum absolute atomic E-state index is 13.1. The number of hydrogen-bond donors (Lipinski definition) is 2. The second-order valence-electron chi connectivity index (χ2n) is 5.23. The standard InChI is InChI=1S/C17H13F2N3O3S/c18-13-7-6-11(10-14(13)19)20-15(23)8-9-26-16-17(24)25-21-22(16)12-4-2-1-3-5-12/h1-7,10H,8-9H2,(H-,20,21,23,24)/p+1. The van der Waals surface area contributed by atoms with Crippen LogP contribution in [-0.4, -0.2) is 16.9 Å². The van der Waals surface area contributed by atoms with Crippen molar-refractivity contribution in [1.29, 1.82) is 0 Å². The number of carbonyl (C=O) groups excluding carboxylic acids is 1. The number of carbonyl (C=O) groups is 1. The molecule has 1 heterocycles. The van der Waals surface area contributed by atoms with Crippen LogP contribution in [0.2, 0.25) is 0 Å². The Morgan fingerprint density at radius 1 is 1.15 bits per heavy atom. The predicted octanol–water partition coefficient (Wildman–Crippen LogP) is 2.64. The molecule has 3 rings (SSSR count). The van der Waals surface area contributed by atoms with Crippen molar-refractivity contribution in [3.8, 4) is 5.69 Å². The molecular weight excluding hydrogens is 364 g/mol. The fraction of sp³-hybridized carbons (Fsp3) is 0.118. The first kappa shape index (κ1) is 17.9. The average Bonchev–Trinajstić information content (AvgIpc) is 3.00. The van der Waals surface area contributed by atoms with Crippen LogP contribution in [0.5, 0.6) is 0 Å². The normalized spacial score (nSPS) is 10.7. The Morgan fingerprint density at radius 2 is 1.92 bits per heavy atom. The van der Waals surface area contributed by atoms with E-state index in [9.17, 15) is 18.4 Å². The van der Waals surface area contributed by atoms with Gasteiger partial charge >= 0.3 is 10.7 Å². The van der Waals surface area contributed by atoms with Gasteiger partial charge in [-0.15, -0.1) is 0 Å². The Labute approximate surface area is 150 Å². The molecule has 1 amide bonds. The third-order valence-corrected chi connectivity index (χ3v) is 4.42. The summed E-state index contributed by atoms with van der Waals surface area (Å²) in [6.45, 7) is 0. The van der Waals surface area contributed by atoms with Gasteiger partial charge in [-0.25, -0.2) is 13.6 Å². The summed E-state index contributed by atoms with van der Waals surface area (Å²) in [5.74, 6) is -2.10. The van der Waals surface area contributed by atoms with Crippen molar-refractivity contribution in [2.24, 2.45) is 0 Å². The number of nitrogens with zero attached hydrogens (tertiary/aromatic N) is 1. The summed E-state index contributed by atoms with van der Waals surface area (Å²) in [4.78, 5) is 23.8. The van der Waals surface area contributed by atoms with Gasteiger partial charge in [0.15, 0.2) is 11.6 Å². The summed E-state index contributed by atoms with van der Waals surface area (Å²) in [5, 5.41) is 5.29. The molecular formula is C17H14F2N3O3S+. The molecule has 0 saturated carbocycles. The zero-order chi connectivity index (χ0) is 18.5. The number of aromatic amines is 1. The van der Waals surface area contributed by atoms with E-state index in [1.54, 1.807) is 12.1 Å². The highest BCUT2D eigenvalue weighted by Gasteiger charge is 2.23. The molecule has 2 aromatic carbocycles. The minimum Gasteiger partial charge on any atom is -0.326 e. The van der Waals surface area contributed by atoms with Gasteiger partial charge in [-0.2, -0.15) is 0 Å². The molecule has 0 unspecified atom stereocenters. The minimum atomic E-state index is -1.04. The number of halogens is 2. The fourth-order valence-electron chi connectivity index (χ4n) is 2.17. The van der Waals surface area contributed by atoms with E-state index in [0.717, 1.165) is 23.9 Å². The van der Waals surface area contributed by atoms with Crippen molar-refractivity contribution in [2.45, 2.75) is 11.4 Å². The third-order valence-electron chi connectivity index (χ3n) is 3.39. The topological polar surface area (TPSA) is 79.0 Å². The molecule has 0 aliphatic heterocycles. The summed E-state index contributed by atoms with van der Waals surface area (Å²) in [7, 11) is 0. The highest BCUT2D eigenvalue weighted by molar-refractivity contribution is 7.99. The second kappa shape index (κ2) is 7.96. The van der Waals surface area contributed by atoms with Crippen LogP contribution in [0.1, 0.15) is 6.42 Å². The van der Waals surface area contributed by atoms with E-state index in [4.69, 9.17) is 4.52 Å². The first-order valence-corrected chi connectivity index (χ1v) is 8.60. The summed E-state index contributed by atoms with van der Waals surface area (Å²) < 4.78 is 32.3. The van der Waals surface area contributed by atoms with Gasteiger partial charge in [0.05, 0.1) is 0 Å². The molecule has 2 N–H and O–H groups in total. The van der Waals surface area contributed by atoms with Crippen LogP contribution in [0.3, 0.4) is 0 Å². The number of anilines is 1. The zero-order valence-corrected chi connectivity index (χ0v) is 14.2. The van der Waals surface area contributed by atoms with E-state index >= 15 is 0 Å². The summed E-state index contributed by atoms with van der Waals surface area (Å²) in [6.07, 6.45) is 0.0725. The predicted molar refractivity (Wildman–Crippen MR) is 91.2 cm³/mol. The van der Waals surface area contributed by atoms with Gasteiger partial charge in [0.25, 0.3) is 0 Å². The number of aromatic nitrogens is 2. The van der Waals surface area contributed by atoms with Crippen molar-refractivity contribution >= 4 is 23.4 Å². The molecule has 0 spiro atoms. The third kappa shape index (κ3) is 4.17. The lowest BCUT2D eigenvalue weighted by Crippen LogP contribution is -2.36. The molecule has 0 radical (unpaired) electrons.